The fraction of sp³-hybridized carbons (Fsp3) is 0.651. The molecule has 298 valence electrons. The van der Waals surface area contributed by atoms with Gasteiger partial charge in [-0.25, -0.2) is 4.57 Å². The first-order valence-electron chi connectivity index (χ1n) is 20.1. The molecule has 0 saturated carbocycles. The maximum atomic E-state index is 12.4. The van der Waals surface area contributed by atoms with E-state index in [0.29, 0.717) is 6.42 Å². The molecule has 9 heteroatoms. The molecule has 0 heterocycles. The van der Waals surface area contributed by atoms with E-state index in [-0.39, 0.29) is 38.8 Å². The lowest BCUT2D eigenvalue weighted by Gasteiger charge is -2.19. The largest absolute Gasteiger partial charge is 0.492 e. The highest BCUT2D eigenvalue weighted by molar-refractivity contribution is 7.47. The highest BCUT2D eigenvalue weighted by atomic mass is 31.2. The molecule has 52 heavy (non-hydrogen) atoms. The minimum absolute atomic E-state index is 0.0877. The number of hydrogen-bond donors (Lipinski definition) is 2. The number of rotatable bonds is 37. The smallest absolute Gasteiger partial charge is 0.472 e. The van der Waals surface area contributed by atoms with Crippen molar-refractivity contribution in [1.82, 2.24) is 0 Å². The van der Waals surface area contributed by atoms with Crippen molar-refractivity contribution in [3.05, 3.63) is 85.3 Å². The number of phosphoric acid groups is 1. The van der Waals surface area contributed by atoms with Gasteiger partial charge < -0.3 is 20.1 Å². The maximum absolute atomic E-state index is 12.4. The molecule has 0 aromatic carbocycles. The van der Waals surface area contributed by atoms with Gasteiger partial charge >= 0.3 is 13.8 Å². The zero-order valence-electron chi connectivity index (χ0n) is 32.8. The molecular weight excluding hydrogens is 673 g/mol. The fourth-order valence-corrected chi connectivity index (χ4v) is 5.66. The highest BCUT2D eigenvalue weighted by Gasteiger charge is 2.24. The third kappa shape index (κ3) is 38.7. The molecule has 0 aliphatic rings. The fourth-order valence-electron chi connectivity index (χ4n) is 4.89. The average molecular weight is 748 g/mol. The Bertz CT molecular complexity index is 1060. The quantitative estimate of drug-likeness (QED) is 0.0212. The van der Waals surface area contributed by atoms with Crippen LogP contribution in [0.1, 0.15) is 149 Å². The molecule has 0 fully saturated rings. The van der Waals surface area contributed by atoms with Crippen molar-refractivity contribution < 1.29 is 32.8 Å². The molecule has 0 rings (SSSR count). The third-order valence-corrected chi connectivity index (χ3v) is 8.87. The van der Waals surface area contributed by atoms with E-state index in [1.165, 1.54) is 64.2 Å². The van der Waals surface area contributed by atoms with E-state index in [1.807, 2.05) is 6.08 Å². The number of phosphoric ester groups is 1. The van der Waals surface area contributed by atoms with Gasteiger partial charge in [0.1, 0.15) is 6.61 Å². The minimum Gasteiger partial charge on any atom is -0.492 e. The number of ether oxygens (including phenoxy) is 2. The molecule has 2 atom stereocenters. The summed E-state index contributed by atoms with van der Waals surface area (Å²) in [5, 5.41) is 0. The van der Waals surface area contributed by atoms with Gasteiger partial charge in [0.15, 0.2) is 6.10 Å². The second kappa shape index (κ2) is 39.7. The second-order valence-electron chi connectivity index (χ2n) is 12.8. The second-order valence-corrected chi connectivity index (χ2v) is 14.3. The van der Waals surface area contributed by atoms with Crippen LogP contribution in [0.4, 0.5) is 0 Å². The van der Waals surface area contributed by atoms with Gasteiger partial charge in [0.25, 0.3) is 0 Å². The van der Waals surface area contributed by atoms with E-state index in [1.54, 1.807) is 6.26 Å². The Kier molecular flexibility index (Phi) is 37.8. The van der Waals surface area contributed by atoms with Crippen molar-refractivity contribution >= 4 is 13.8 Å². The summed E-state index contributed by atoms with van der Waals surface area (Å²) in [5.74, 6) is -0.352. The first kappa shape index (κ1) is 49.5. The van der Waals surface area contributed by atoms with Crippen LogP contribution < -0.4 is 5.73 Å². The van der Waals surface area contributed by atoms with E-state index in [9.17, 15) is 14.3 Å². The van der Waals surface area contributed by atoms with Crippen molar-refractivity contribution in [2.24, 2.45) is 5.73 Å². The number of esters is 1. The van der Waals surface area contributed by atoms with Gasteiger partial charge in [0.2, 0.25) is 0 Å². The summed E-state index contributed by atoms with van der Waals surface area (Å²) >= 11 is 0. The number of nitrogens with two attached hydrogens (primary N) is 1. The van der Waals surface area contributed by atoms with Crippen molar-refractivity contribution in [3.63, 3.8) is 0 Å². The average Bonchev–Trinajstić information content (AvgIpc) is 3.14. The summed E-state index contributed by atoms with van der Waals surface area (Å²) in [4.78, 5) is 22.2. The van der Waals surface area contributed by atoms with Gasteiger partial charge in [-0.1, -0.05) is 132 Å². The summed E-state index contributed by atoms with van der Waals surface area (Å²) in [6, 6.07) is 0. The number of unbranched alkanes of at least 4 members (excludes halogenated alkanes) is 12. The van der Waals surface area contributed by atoms with Gasteiger partial charge in [-0.15, -0.1) is 0 Å². The van der Waals surface area contributed by atoms with Gasteiger partial charge in [-0.05, 0) is 89.5 Å². The molecule has 2 unspecified atom stereocenters. The van der Waals surface area contributed by atoms with Crippen LogP contribution >= 0.6 is 7.82 Å². The molecule has 0 bridgehead atoms. The van der Waals surface area contributed by atoms with Gasteiger partial charge in [0.05, 0.1) is 19.5 Å². The normalized spacial score (nSPS) is 14.4. The summed E-state index contributed by atoms with van der Waals surface area (Å²) in [6.45, 7) is 3.99. The van der Waals surface area contributed by atoms with Crippen LogP contribution in [-0.4, -0.2) is 43.3 Å². The van der Waals surface area contributed by atoms with Crippen LogP contribution in [0, 0.1) is 0 Å². The van der Waals surface area contributed by atoms with Crippen LogP contribution in [0.2, 0.25) is 0 Å². The van der Waals surface area contributed by atoms with Crippen molar-refractivity contribution in [2.45, 2.75) is 155 Å². The zero-order chi connectivity index (χ0) is 38.1. The lowest BCUT2D eigenvalue weighted by atomic mass is 10.1. The molecular formula is C43H74NO7P. The first-order valence-corrected chi connectivity index (χ1v) is 21.6. The molecule has 0 amide bonds. The highest BCUT2D eigenvalue weighted by Crippen LogP contribution is 2.43. The molecule has 0 radical (unpaired) electrons. The number of allylic oxidation sites excluding steroid dienone is 13. The number of hydrogen-bond acceptors (Lipinski definition) is 7. The molecule has 0 saturated heterocycles. The SMILES string of the molecule is CCC=CCC=CCC=CCC=CCC=CCCCC(=O)OCC(COP(=O)(O)OCCN)OC=CCCCCCCCCC=CCCCCCC. The Hall–Kier alpha value is -2.48. The lowest BCUT2D eigenvalue weighted by molar-refractivity contribution is -0.147. The van der Waals surface area contributed by atoms with Gasteiger partial charge in [0, 0.05) is 13.0 Å². The first-order chi connectivity index (χ1) is 25.4. The number of carbonyl (C=O) groups is 1. The molecule has 0 aliphatic heterocycles. The van der Waals surface area contributed by atoms with E-state index >= 15 is 0 Å². The Morgan fingerprint density at radius 2 is 1.10 bits per heavy atom. The summed E-state index contributed by atoms with van der Waals surface area (Å²) < 4.78 is 33.1. The monoisotopic (exact) mass is 748 g/mol. The Morgan fingerprint density at radius 3 is 1.65 bits per heavy atom. The van der Waals surface area contributed by atoms with Crippen LogP contribution in [0.15, 0.2) is 85.3 Å². The van der Waals surface area contributed by atoms with E-state index in [2.05, 4.69) is 86.8 Å². The van der Waals surface area contributed by atoms with Crippen LogP contribution in [0.3, 0.4) is 0 Å². The van der Waals surface area contributed by atoms with Crippen molar-refractivity contribution in [2.75, 3.05) is 26.4 Å². The third-order valence-electron chi connectivity index (χ3n) is 7.89. The van der Waals surface area contributed by atoms with E-state index in [0.717, 1.165) is 57.8 Å². The van der Waals surface area contributed by atoms with E-state index in [4.69, 9.17) is 24.3 Å². The standard InChI is InChI=1S/C43H74NO7P/c1-3-5-7-9-11-13-15-17-19-21-22-24-26-28-30-32-34-36-43(45)49-40-42(41-51-52(46,47)50-39-37-44)48-38-35-33-31-29-27-25-23-20-18-16-14-12-10-8-6-4-2/h5,7,11,13-14,16-17,19,22,24,28,30,35,38,42H,3-4,6,8-10,12,15,18,20-21,23,25-27,29,31-34,36-37,39-41,44H2,1-2H3,(H,46,47). The summed E-state index contributed by atoms with van der Waals surface area (Å²) in [7, 11) is -4.28. The Morgan fingerprint density at radius 1 is 0.615 bits per heavy atom. The molecule has 0 aliphatic carbocycles. The van der Waals surface area contributed by atoms with Crippen LogP contribution in [-0.2, 0) is 27.9 Å². The predicted octanol–water partition coefficient (Wildman–Crippen LogP) is 12.1. The molecule has 0 spiro atoms. The zero-order valence-corrected chi connectivity index (χ0v) is 33.7. The maximum Gasteiger partial charge on any atom is 0.472 e. The topological polar surface area (TPSA) is 117 Å². The minimum atomic E-state index is -4.28. The van der Waals surface area contributed by atoms with Crippen LogP contribution in [0.5, 0.6) is 0 Å². The van der Waals surface area contributed by atoms with Crippen molar-refractivity contribution in [3.8, 4) is 0 Å². The summed E-state index contributed by atoms with van der Waals surface area (Å²) in [6.07, 6.45) is 51.3. The predicted molar refractivity (Wildman–Crippen MR) is 219 cm³/mol. The Balaban J connectivity index is 4.25. The van der Waals surface area contributed by atoms with Gasteiger partial charge in [-0.2, -0.15) is 0 Å². The van der Waals surface area contributed by atoms with Crippen molar-refractivity contribution in [1.29, 1.82) is 0 Å². The lowest BCUT2D eigenvalue weighted by Crippen LogP contribution is -2.25. The molecule has 0 aromatic rings. The molecule has 0 aromatic heterocycles. The summed E-state index contributed by atoms with van der Waals surface area (Å²) in [5.41, 5.74) is 5.35. The molecule has 3 N–H and O–H groups in total. The van der Waals surface area contributed by atoms with E-state index < -0.39 is 13.9 Å². The number of carbonyl (C=O) groups excluding carboxylic acids is 1. The van der Waals surface area contributed by atoms with Crippen LogP contribution in [0.25, 0.3) is 0 Å². The molecule has 8 nitrogen and oxygen atoms in total. The van der Waals surface area contributed by atoms with Gasteiger partial charge in [-0.3, -0.25) is 13.8 Å². The Labute approximate surface area is 318 Å².